The van der Waals surface area contributed by atoms with Crippen LogP contribution in [0, 0.1) is 0 Å². The Morgan fingerprint density at radius 2 is 1.48 bits per heavy atom. The number of carboxylic acid groups (broad SMARTS) is 1. The fourth-order valence-electron chi connectivity index (χ4n) is 2.78. The number of aliphatic carboxylic acids is 1. The molecule has 0 aliphatic heterocycles. The molecule has 0 bridgehead atoms. The molecule has 1 amide bonds. The highest BCUT2D eigenvalue weighted by molar-refractivity contribution is 5.91. The first-order valence-corrected chi connectivity index (χ1v) is 9.63. The molecule has 2 N–H and O–H groups in total. The average molecular weight is 421 g/mol. The van der Waals surface area contributed by atoms with E-state index in [1.165, 1.54) is 7.11 Å². The molecule has 7 heteroatoms. The summed E-state index contributed by atoms with van der Waals surface area (Å²) in [5.41, 5.74) is 1.42. The number of amides is 1. The molecule has 0 spiro atoms. The molecule has 0 heterocycles. The number of anilines is 1. The largest absolute Gasteiger partial charge is 0.484 e. The zero-order valence-electron chi connectivity index (χ0n) is 17.0. The Bertz CT molecular complexity index is 987. The van der Waals surface area contributed by atoms with Crippen LogP contribution in [0.5, 0.6) is 17.2 Å². The second-order valence-electron chi connectivity index (χ2n) is 6.69. The van der Waals surface area contributed by atoms with Crippen LogP contribution >= 0.6 is 0 Å². The van der Waals surface area contributed by atoms with Crippen LogP contribution in [0.25, 0.3) is 0 Å². The Balaban J connectivity index is 1.46. The van der Waals surface area contributed by atoms with Crippen LogP contribution in [0.1, 0.15) is 5.56 Å². The molecule has 1 unspecified atom stereocenters. The van der Waals surface area contributed by atoms with E-state index in [9.17, 15) is 9.59 Å². The molecule has 3 aromatic carbocycles. The fraction of sp³-hybridized carbons (Fsp3) is 0.167. The van der Waals surface area contributed by atoms with Crippen LogP contribution in [0.15, 0.2) is 78.9 Å². The Morgan fingerprint density at radius 1 is 0.871 bits per heavy atom. The first-order chi connectivity index (χ1) is 15.0. The molecule has 160 valence electrons. The molecule has 0 aromatic heterocycles. The van der Waals surface area contributed by atoms with Gasteiger partial charge in [-0.2, -0.15) is 0 Å². The van der Waals surface area contributed by atoms with E-state index in [2.05, 4.69) is 5.32 Å². The molecule has 3 rings (SSSR count). The third kappa shape index (κ3) is 6.87. The summed E-state index contributed by atoms with van der Waals surface area (Å²) in [6.07, 6.45) is -0.654. The van der Waals surface area contributed by atoms with E-state index in [4.69, 9.17) is 19.3 Å². The smallest absolute Gasteiger partial charge is 0.333 e. The normalized spacial score (nSPS) is 11.4. The lowest BCUT2D eigenvalue weighted by Crippen LogP contribution is -2.24. The van der Waals surface area contributed by atoms with Gasteiger partial charge in [-0.15, -0.1) is 0 Å². The minimum Gasteiger partial charge on any atom is -0.484 e. The van der Waals surface area contributed by atoms with Crippen molar-refractivity contribution in [3.05, 3.63) is 84.4 Å². The van der Waals surface area contributed by atoms with Gasteiger partial charge in [-0.25, -0.2) is 4.79 Å². The van der Waals surface area contributed by atoms with E-state index >= 15 is 0 Å². The third-order valence-corrected chi connectivity index (χ3v) is 4.39. The van der Waals surface area contributed by atoms with Crippen molar-refractivity contribution in [2.24, 2.45) is 0 Å². The number of methoxy groups -OCH3 is 1. The zero-order chi connectivity index (χ0) is 22.1. The zero-order valence-corrected chi connectivity index (χ0v) is 17.0. The first kappa shape index (κ1) is 21.9. The molecular weight excluding hydrogens is 398 g/mol. The van der Waals surface area contributed by atoms with Crippen molar-refractivity contribution in [2.45, 2.75) is 12.5 Å². The number of benzene rings is 3. The number of hydrogen-bond acceptors (Lipinski definition) is 5. The summed E-state index contributed by atoms with van der Waals surface area (Å²) >= 11 is 0. The molecule has 0 aliphatic rings. The molecule has 0 fully saturated rings. The number of ether oxygens (including phenoxy) is 3. The summed E-state index contributed by atoms with van der Waals surface area (Å²) in [6, 6.07) is 23.3. The molecule has 0 radical (unpaired) electrons. The van der Waals surface area contributed by atoms with Gasteiger partial charge in [0, 0.05) is 19.2 Å². The van der Waals surface area contributed by atoms with Crippen molar-refractivity contribution in [1.29, 1.82) is 0 Å². The average Bonchev–Trinajstić information content (AvgIpc) is 2.78. The van der Waals surface area contributed by atoms with Crippen molar-refractivity contribution in [3.8, 4) is 17.2 Å². The van der Waals surface area contributed by atoms with Gasteiger partial charge in [0.2, 0.25) is 0 Å². The van der Waals surface area contributed by atoms with Gasteiger partial charge in [0.05, 0.1) is 0 Å². The molecule has 0 saturated heterocycles. The minimum absolute atomic E-state index is 0.155. The van der Waals surface area contributed by atoms with Gasteiger partial charge in [0.25, 0.3) is 5.91 Å². The van der Waals surface area contributed by atoms with Gasteiger partial charge in [-0.3, -0.25) is 4.79 Å². The molecule has 7 nitrogen and oxygen atoms in total. The van der Waals surface area contributed by atoms with E-state index < -0.39 is 12.1 Å². The number of nitrogens with one attached hydrogen (secondary N) is 1. The summed E-state index contributed by atoms with van der Waals surface area (Å²) < 4.78 is 16.1. The summed E-state index contributed by atoms with van der Waals surface area (Å²) in [5, 5.41) is 11.8. The summed E-state index contributed by atoms with van der Waals surface area (Å²) in [5.74, 6) is 0.596. The highest BCUT2D eigenvalue weighted by Crippen LogP contribution is 2.22. The number of hydrogen-bond donors (Lipinski definition) is 2. The van der Waals surface area contributed by atoms with Crippen LogP contribution in [-0.4, -0.2) is 36.8 Å². The Hall–Kier alpha value is -3.84. The maximum Gasteiger partial charge on any atom is 0.333 e. The fourth-order valence-corrected chi connectivity index (χ4v) is 2.78. The van der Waals surface area contributed by atoms with E-state index in [0.29, 0.717) is 17.2 Å². The molecular formula is C24H23NO6. The van der Waals surface area contributed by atoms with E-state index in [1.807, 2.05) is 30.3 Å². The molecule has 0 saturated carbocycles. The van der Waals surface area contributed by atoms with Gasteiger partial charge < -0.3 is 24.6 Å². The number of carbonyl (C=O) groups is 2. The highest BCUT2D eigenvalue weighted by atomic mass is 16.5. The van der Waals surface area contributed by atoms with Crippen molar-refractivity contribution in [1.82, 2.24) is 0 Å². The van der Waals surface area contributed by atoms with E-state index in [1.54, 1.807) is 48.5 Å². The SMILES string of the molecule is COC(Cc1ccc(OCC(=O)Nc2ccc(Oc3ccccc3)cc2)cc1)C(=O)O. The van der Waals surface area contributed by atoms with Crippen molar-refractivity contribution in [2.75, 3.05) is 19.0 Å². The summed E-state index contributed by atoms with van der Waals surface area (Å²) in [4.78, 5) is 23.2. The highest BCUT2D eigenvalue weighted by Gasteiger charge is 2.16. The predicted octanol–water partition coefficient (Wildman–Crippen LogP) is 4.14. The second-order valence-corrected chi connectivity index (χ2v) is 6.69. The van der Waals surface area contributed by atoms with Crippen LogP contribution < -0.4 is 14.8 Å². The Labute approximate surface area is 180 Å². The quantitative estimate of drug-likeness (QED) is 0.511. The van der Waals surface area contributed by atoms with Crippen LogP contribution in [0.4, 0.5) is 5.69 Å². The van der Waals surface area contributed by atoms with Crippen molar-refractivity contribution < 1.29 is 28.9 Å². The Morgan fingerprint density at radius 3 is 2.10 bits per heavy atom. The van der Waals surface area contributed by atoms with Crippen molar-refractivity contribution in [3.63, 3.8) is 0 Å². The maximum absolute atomic E-state index is 12.1. The lowest BCUT2D eigenvalue weighted by atomic mass is 10.1. The monoisotopic (exact) mass is 421 g/mol. The first-order valence-electron chi connectivity index (χ1n) is 9.63. The van der Waals surface area contributed by atoms with Crippen LogP contribution in [0.3, 0.4) is 0 Å². The van der Waals surface area contributed by atoms with Gasteiger partial charge in [-0.05, 0) is 54.1 Å². The minimum atomic E-state index is -1.01. The number of carbonyl (C=O) groups excluding carboxylic acids is 1. The standard InChI is InChI=1S/C24H23NO6/c1-29-22(24(27)28)15-17-7-11-19(12-8-17)30-16-23(26)25-18-9-13-21(14-10-18)31-20-5-3-2-4-6-20/h2-14,22H,15-16H2,1H3,(H,25,26)(H,27,28). The summed E-state index contributed by atoms with van der Waals surface area (Å²) in [6.45, 7) is -0.155. The molecule has 0 aliphatic carbocycles. The maximum atomic E-state index is 12.1. The topological polar surface area (TPSA) is 94.1 Å². The van der Waals surface area contributed by atoms with Gasteiger partial charge in [-0.1, -0.05) is 30.3 Å². The molecule has 1 atom stereocenters. The predicted molar refractivity (Wildman–Crippen MR) is 116 cm³/mol. The van der Waals surface area contributed by atoms with Crippen LogP contribution in [0.2, 0.25) is 0 Å². The van der Waals surface area contributed by atoms with E-state index in [-0.39, 0.29) is 18.9 Å². The van der Waals surface area contributed by atoms with Gasteiger partial charge in [0.15, 0.2) is 12.7 Å². The number of para-hydroxylation sites is 1. The summed E-state index contributed by atoms with van der Waals surface area (Å²) in [7, 11) is 1.36. The molecule has 31 heavy (non-hydrogen) atoms. The van der Waals surface area contributed by atoms with Gasteiger partial charge >= 0.3 is 5.97 Å². The third-order valence-electron chi connectivity index (χ3n) is 4.39. The second kappa shape index (κ2) is 10.8. The Kier molecular flexibility index (Phi) is 7.61. The van der Waals surface area contributed by atoms with Crippen molar-refractivity contribution >= 4 is 17.6 Å². The lowest BCUT2D eigenvalue weighted by molar-refractivity contribution is -0.148. The number of carboxylic acids is 1. The molecule has 3 aromatic rings. The van der Waals surface area contributed by atoms with Gasteiger partial charge in [0.1, 0.15) is 17.2 Å². The van der Waals surface area contributed by atoms with E-state index in [0.717, 1.165) is 11.3 Å². The number of rotatable bonds is 10. The van der Waals surface area contributed by atoms with Crippen LogP contribution in [-0.2, 0) is 20.7 Å². The lowest BCUT2D eigenvalue weighted by Gasteiger charge is -2.11.